The minimum atomic E-state index is -0.149. The second-order valence-corrected chi connectivity index (χ2v) is 4.87. The van der Waals surface area contributed by atoms with Crippen molar-refractivity contribution in [1.29, 1.82) is 0 Å². The number of rotatable bonds is 3. The van der Waals surface area contributed by atoms with Crippen LogP contribution in [0.2, 0.25) is 0 Å². The Balaban J connectivity index is 1.76. The maximum absolute atomic E-state index is 12.2. The first-order chi connectivity index (χ1) is 10.2. The fourth-order valence-corrected chi connectivity index (χ4v) is 2.27. The number of amides is 1. The highest BCUT2D eigenvalue weighted by atomic mass is 16.3. The molecular weight excluding hydrogens is 262 g/mol. The molecule has 0 aliphatic heterocycles. The number of hydrogen-bond acceptors (Lipinski definition) is 2. The van der Waals surface area contributed by atoms with Crippen molar-refractivity contribution in [3.05, 3.63) is 77.9 Å². The Morgan fingerprint density at radius 3 is 2.43 bits per heavy atom. The second kappa shape index (κ2) is 5.67. The molecule has 0 aromatic heterocycles. The molecule has 0 saturated carbocycles. The van der Waals surface area contributed by atoms with Crippen LogP contribution in [0, 0.1) is 0 Å². The van der Waals surface area contributed by atoms with Crippen molar-refractivity contribution in [3.8, 4) is 5.75 Å². The van der Waals surface area contributed by atoms with E-state index in [1.807, 2.05) is 48.5 Å². The molecule has 0 atom stereocenters. The normalized spacial score (nSPS) is 10.5. The molecule has 3 nitrogen and oxygen atoms in total. The molecule has 3 rings (SSSR count). The maximum Gasteiger partial charge on any atom is 0.251 e. The summed E-state index contributed by atoms with van der Waals surface area (Å²) in [5.41, 5.74) is 1.32. The summed E-state index contributed by atoms with van der Waals surface area (Å²) < 4.78 is 0. The highest BCUT2D eigenvalue weighted by Gasteiger charge is 2.07. The number of para-hydroxylation sites is 1. The Morgan fingerprint density at radius 1 is 0.905 bits per heavy atom. The zero-order valence-corrected chi connectivity index (χ0v) is 11.4. The number of hydrogen-bond donors (Lipinski definition) is 2. The van der Waals surface area contributed by atoms with Gasteiger partial charge in [-0.2, -0.15) is 0 Å². The monoisotopic (exact) mass is 277 g/mol. The molecule has 0 unspecified atom stereocenters. The van der Waals surface area contributed by atoms with Gasteiger partial charge in [0, 0.05) is 17.7 Å². The molecule has 3 heteroatoms. The van der Waals surface area contributed by atoms with Crippen molar-refractivity contribution in [2.75, 3.05) is 0 Å². The number of phenols is 1. The van der Waals surface area contributed by atoms with Crippen molar-refractivity contribution in [2.24, 2.45) is 0 Å². The van der Waals surface area contributed by atoms with Crippen molar-refractivity contribution in [2.45, 2.75) is 6.54 Å². The first kappa shape index (κ1) is 13.2. The summed E-state index contributed by atoms with van der Waals surface area (Å²) in [7, 11) is 0. The minimum absolute atomic E-state index is 0.149. The molecule has 0 aliphatic rings. The van der Waals surface area contributed by atoms with Crippen LogP contribution in [0.3, 0.4) is 0 Å². The summed E-state index contributed by atoms with van der Waals surface area (Å²) in [6.45, 7) is 0.304. The van der Waals surface area contributed by atoms with E-state index >= 15 is 0 Å². The molecule has 2 N–H and O–H groups in total. The molecule has 0 spiro atoms. The third-order valence-corrected chi connectivity index (χ3v) is 3.44. The largest absolute Gasteiger partial charge is 0.508 e. The van der Waals surface area contributed by atoms with Gasteiger partial charge in [0.25, 0.3) is 5.91 Å². The molecule has 21 heavy (non-hydrogen) atoms. The van der Waals surface area contributed by atoms with E-state index in [4.69, 9.17) is 0 Å². The third-order valence-electron chi connectivity index (χ3n) is 3.44. The molecule has 0 aliphatic carbocycles. The van der Waals surface area contributed by atoms with Crippen LogP contribution in [0.1, 0.15) is 15.9 Å². The highest BCUT2D eigenvalue weighted by molar-refractivity contribution is 5.98. The molecule has 0 bridgehead atoms. The van der Waals surface area contributed by atoms with Crippen molar-refractivity contribution in [1.82, 2.24) is 5.32 Å². The molecule has 0 radical (unpaired) electrons. The third kappa shape index (κ3) is 2.87. The van der Waals surface area contributed by atoms with E-state index in [0.717, 1.165) is 10.8 Å². The van der Waals surface area contributed by atoms with Crippen LogP contribution in [-0.2, 0) is 6.54 Å². The van der Waals surface area contributed by atoms with Crippen LogP contribution < -0.4 is 5.32 Å². The zero-order valence-electron chi connectivity index (χ0n) is 11.4. The highest BCUT2D eigenvalue weighted by Crippen LogP contribution is 2.17. The topological polar surface area (TPSA) is 49.3 Å². The Hall–Kier alpha value is -2.81. The number of aromatic hydroxyl groups is 1. The quantitative estimate of drug-likeness (QED) is 0.770. The number of benzene rings is 3. The lowest BCUT2D eigenvalue weighted by Crippen LogP contribution is -2.22. The Morgan fingerprint density at radius 2 is 1.62 bits per heavy atom. The van der Waals surface area contributed by atoms with Crippen molar-refractivity contribution in [3.63, 3.8) is 0 Å². The average molecular weight is 277 g/mol. The van der Waals surface area contributed by atoms with Gasteiger partial charge in [-0.3, -0.25) is 4.79 Å². The number of carbonyl (C=O) groups is 1. The average Bonchev–Trinajstić information content (AvgIpc) is 2.53. The molecule has 0 fully saturated rings. The Labute approximate surface area is 122 Å². The van der Waals surface area contributed by atoms with E-state index in [2.05, 4.69) is 5.32 Å². The van der Waals surface area contributed by atoms with Gasteiger partial charge in [0.05, 0.1) is 0 Å². The number of carbonyl (C=O) groups excluding carboxylic acids is 1. The maximum atomic E-state index is 12.2. The van der Waals surface area contributed by atoms with Crippen LogP contribution in [0.15, 0.2) is 66.7 Å². The van der Waals surface area contributed by atoms with E-state index in [-0.39, 0.29) is 11.7 Å². The summed E-state index contributed by atoms with van der Waals surface area (Å²) in [6, 6.07) is 20.5. The predicted molar refractivity (Wildman–Crippen MR) is 83.2 cm³/mol. The first-order valence-corrected chi connectivity index (χ1v) is 6.78. The van der Waals surface area contributed by atoms with Crippen LogP contribution in [0.4, 0.5) is 0 Å². The lowest BCUT2D eigenvalue weighted by molar-refractivity contribution is 0.0951. The molecule has 104 valence electrons. The fraction of sp³-hybridized carbons (Fsp3) is 0.0556. The van der Waals surface area contributed by atoms with Crippen LogP contribution >= 0.6 is 0 Å². The van der Waals surface area contributed by atoms with Crippen LogP contribution in [0.25, 0.3) is 10.8 Å². The van der Waals surface area contributed by atoms with Gasteiger partial charge in [0.1, 0.15) is 5.75 Å². The van der Waals surface area contributed by atoms with E-state index < -0.39 is 0 Å². The van der Waals surface area contributed by atoms with Gasteiger partial charge >= 0.3 is 0 Å². The van der Waals surface area contributed by atoms with Crippen LogP contribution in [-0.4, -0.2) is 11.0 Å². The Kier molecular flexibility index (Phi) is 3.56. The molecular formula is C18H15NO2. The fourth-order valence-electron chi connectivity index (χ4n) is 2.27. The molecule has 3 aromatic carbocycles. The summed E-state index contributed by atoms with van der Waals surface area (Å²) in [5.74, 6) is 0.0420. The Bertz CT molecular complexity index is 796. The summed E-state index contributed by atoms with van der Waals surface area (Å²) in [4.78, 5) is 12.2. The minimum Gasteiger partial charge on any atom is -0.508 e. The lowest BCUT2D eigenvalue weighted by atomic mass is 10.1. The standard InChI is InChI=1S/C18H15NO2/c20-17-8-4-3-7-16(17)12-19-18(21)15-10-9-13-5-1-2-6-14(13)11-15/h1-11,20H,12H2,(H,19,21). The molecule has 0 heterocycles. The number of nitrogens with one attached hydrogen (secondary N) is 1. The molecule has 0 saturated heterocycles. The predicted octanol–water partition coefficient (Wildman–Crippen LogP) is 3.48. The van der Waals surface area contributed by atoms with Gasteiger partial charge in [-0.15, -0.1) is 0 Å². The zero-order chi connectivity index (χ0) is 14.7. The van der Waals surface area contributed by atoms with Gasteiger partial charge in [0.15, 0.2) is 0 Å². The van der Waals surface area contributed by atoms with Gasteiger partial charge in [-0.1, -0.05) is 48.5 Å². The summed E-state index contributed by atoms with van der Waals surface area (Å²) >= 11 is 0. The smallest absolute Gasteiger partial charge is 0.251 e. The van der Waals surface area contributed by atoms with Crippen molar-refractivity contribution < 1.29 is 9.90 Å². The lowest BCUT2D eigenvalue weighted by Gasteiger charge is -2.07. The first-order valence-electron chi connectivity index (χ1n) is 6.78. The van der Waals surface area contributed by atoms with E-state index in [0.29, 0.717) is 17.7 Å². The van der Waals surface area contributed by atoms with Crippen molar-refractivity contribution >= 4 is 16.7 Å². The SMILES string of the molecule is O=C(NCc1ccccc1O)c1ccc2ccccc2c1. The summed E-state index contributed by atoms with van der Waals surface area (Å²) in [5, 5.41) is 14.6. The van der Waals surface area contributed by atoms with E-state index in [9.17, 15) is 9.90 Å². The molecule has 1 amide bonds. The van der Waals surface area contributed by atoms with Gasteiger partial charge in [-0.05, 0) is 29.0 Å². The second-order valence-electron chi connectivity index (χ2n) is 4.87. The number of fused-ring (bicyclic) bond motifs is 1. The van der Waals surface area contributed by atoms with Gasteiger partial charge in [-0.25, -0.2) is 0 Å². The number of phenolic OH excluding ortho intramolecular Hbond substituents is 1. The van der Waals surface area contributed by atoms with Gasteiger partial charge < -0.3 is 10.4 Å². The van der Waals surface area contributed by atoms with E-state index in [1.165, 1.54) is 0 Å². The van der Waals surface area contributed by atoms with Gasteiger partial charge in [0.2, 0.25) is 0 Å². The van der Waals surface area contributed by atoms with Crippen LogP contribution in [0.5, 0.6) is 5.75 Å². The summed E-state index contributed by atoms with van der Waals surface area (Å²) in [6.07, 6.45) is 0. The molecule has 3 aromatic rings. The van der Waals surface area contributed by atoms with E-state index in [1.54, 1.807) is 18.2 Å².